The molecule has 0 rings (SSSR count). The van der Waals surface area contributed by atoms with Crippen LogP contribution in [0.25, 0.3) is 10.8 Å². The number of halogens is 1. The molecule has 0 aromatic rings. The van der Waals surface area contributed by atoms with Crippen LogP contribution >= 0.6 is 0 Å². The molecule has 8 nitrogen and oxygen atoms in total. The van der Waals surface area contributed by atoms with Gasteiger partial charge in [-0.2, -0.15) is 21.0 Å². The number of quaternary nitrogens is 2. The molecule has 0 saturated carbocycles. The molecule has 0 saturated heterocycles. The Labute approximate surface area is 567 Å². The van der Waals surface area contributed by atoms with Gasteiger partial charge in [0.15, 0.2) is 0 Å². The molecule has 472 valence electrons. The SMILES string of the molecule is CCCCCCCCCCCCCC[N+](CCCCCC)(CCCCCC)CCCCCC.CCCCCCCCCCCCCC[N+](CCCCCC)(CCCCCC)CCCCCC.N#CC(=C=[N-])C#N.N#CC(=C=[N-])C#N.[Br-].[K+]. The minimum atomic E-state index is -0.403. The Hall–Kier alpha value is -1.10. The van der Waals surface area contributed by atoms with E-state index in [0.717, 1.165) is 0 Å². The molecular formula is C72H136BrKN8. The number of rotatable bonds is 56. The van der Waals surface area contributed by atoms with Gasteiger partial charge in [0, 0.05) is 0 Å². The molecule has 82 heavy (non-hydrogen) atoms. The Bertz CT molecular complexity index is 1340. The van der Waals surface area contributed by atoms with Crippen LogP contribution in [0.3, 0.4) is 0 Å². The molecule has 0 bridgehead atoms. The maximum absolute atomic E-state index is 7.79. The number of hydrogen-bond donors (Lipinski definition) is 0. The molecule has 0 radical (unpaired) electrons. The predicted octanol–water partition coefficient (Wildman–Crippen LogP) is 16.9. The third-order valence-electron chi connectivity index (χ3n) is 16.6. The summed E-state index contributed by atoms with van der Waals surface area (Å²) in [6, 6.07) is 5.58. The van der Waals surface area contributed by atoms with Gasteiger partial charge < -0.3 is 36.8 Å². The van der Waals surface area contributed by atoms with Crippen LogP contribution in [0, 0.1) is 45.3 Å². The van der Waals surface area contributed by atoms with Crippen molar-refractivity contribution in [2.75, 3.05) is 52.4 Å². The summed E-state index contributed by atoms with van der Waals surface area (Å²) < 4.78 is 2.93. The fraction of sp³-hybridized carbons (Fsp3) is 0.889. The average Bonchev–Trinajstić information content (AvgIpc) is 3.48. The van der Waals surface area contributed by atoms with E-state index in [9.17, 15) is 0 Å². The van der Waals surface area contributed by atoms with Crippen LogP contribution in [-0.4, -0.2) is 73.1 Å². The van der Waals surface area contributed by atoms with Crippen LogP contribution in [0.15, 0.2) is 11.1 Å². The number of nitriles is 4. The van der Waals surface area contributed by atoms with Gasteiger partial charge in [-0.1, -0.05) is 261 Å². The van der Waals surface area contributed by atoms with E-state index < -0.39 is 11.1 Å². The van der Waals surface area contributed by atoms with Crippen molar-refractivity contribution < 1.29 is 77.3 Å². The fourth-order valence-electron chi connectivity index (χ4n) is 11.3. The fourth-order valence-corrected chi connectivity index (χ4v) is 11.3. The van der Waals surface area contributed by atoms with E-state index in [1.807, 2.05) is 0 Å². The van der Waals surface area contributed by atoms with Gasteiger partial charge in [0.25, 0.3) is 0 Å². The van der Waals surface area contributed by atoms with Gasteiger partial charge >= 0.3 is 51.4 Å². The number of nitrogens with zero attached hydrogens (tertiary/aromatic N) is 8. The molecule has 0 atom stereocenters. The van der Waals surface area contributed by atoms with Crippen LogP contribution in [0.4, 0.5) is 0 Å². The van der Waals surface area contributed by atoms with Gasteiger partial charge in [-0.3, -0.25) is 0 Å². The smallest absolute Gasteiger partial charge is 1.00 e. The molecule has 10 heteroatoms. The van der Waals surface area contributed by atoms with E-state index >= 15 is 0 Å². The van der Waals surface area contributed by atoms with Gasteiger partial charge in [0.05, 0.1) is 52.4 Å². The monoisotopic (exact) mass is 1230 g/mol. The molecule has 0 N–H and O–H groups in total. The minimum Gasteiger partial charge on any atom is -1.00 e. The quantitative estimate of drug-likeness (QED) is 0.0197. The summed E-state index contributed by atoms with van der Waals surface area (Å²) in [5.41, 5.74) is -0.806. The van der Waals surface area contributed by atoms with E-state index in [-0.39, 0.29) is 68.4 Å². The Morgan fingerprint density at radius 1 is 0.232 bits per heavy atom. The van der Waals surface area contributed by atoms with E-state index in [1.54, 1.807) is 0 Å². The van der Waals surface area contributed by atoms with Crippen LogP contribution in [0.1, 0.15) is 364 Å². The van der Waals surface area contributed by atoms with Gasteiger partial charge in [-0.05, 0) is 103 Å². The zero-order chi connectivity index (χ0) is 60.0. The Morgan fingerprint density at radius 2 is 0.341 bits per heavy atom. The van der Waals surface area contributed by atoms with Crippen molar-refractivity contribution in [1.29, 1.82) is 21.0 Å². The summed E-state index contributed by atoms with van der Waals surface area (Å²) in [6.45, 7) is 30.5. The van der Waals surface area contributed by atoms with Crippen LogP contribution in [0.5, 0.6) is 0 Å². The maximum atomic E-state index is 7.79. The summed E-state index contributed by atoms with van der Waals surface area (Å²) >= 11 is 0. The second-order valence-electron chi connectivity index (χ2n) is 24.0. The van der Waals surface area contributed by atoms with Crippen molar-refractivity contribution in [3.8, 4) is 24.3 Å². The maximum Gasteiger partial charge on any atom is 1.00 e. The van der Waals surface area contributed by atoms with E-state index in [0.29, 0.717) is 0 Å². The van der Waals surface area contributed by atoms with E-state index in [1.165, 1.54) is 406 Å². The van der Waals surface area contributed by atoms with Crippen molar-refractivity contribution in [1.82, 2.24) is 0 Å². The third-order valence-corrected chi connectivity index (χ3v) is 16.6. The molecule has 0 aliphatic heterocycles. The van der Waals surface area contributed by atoms with Crippen LogP contribution in [-0.2, 0) is 0 Å². The minimum absolute atomic E-state index is 0. The summed E-state index contributed by atoms with van der Waals surface area (Å²) in [5.74, 6) is 2.79. The zero-order valence-electron chi connectivity index (χ0n) is 56.6. The molecule has 0 unspecified atom stereocenters. The van der Waals surface area contributed by atoms with Crippen LogP contribution < -0.4 is 68.4 Å². The Morgan fingerprint density at radius 3 is 0.439 bits per heavy atom. The van der Waals surface area contributed by atoms with Crippen molar-refractivity contribution in [2.24, 2.45) is 0 Å². The normalized spacial score (nSPS) is 10.5. The zero-order valence-corrected chi connectivity index (χ0v) is 61.3. The summed E-state index contributed by atoms with van der Waals surface area (Å²) in [7, 11) is 0. The molecule has 0 heterocycles. The first kappa shape index (κ1) is 92.1. The van der Waals surface area contributed by atoms with Crippen molar-refractivity contribution in [3.63, 3.8) is 0 Å². The third kappa shape index (κ3) is 69.7. The molecular weight excluding hydrogens is 1100 g/mol. The second kappa shape index (κ2) is 79.9. The largest absolute Gasteiger partial charge is 1.00 e. The molecule has 0 aliphatic rings. The molecule has 0 aliphatic carbocycles. The van der Waals surface area contributed by atoms with E-state index in [4.69, 9.17) is 31.9 Å². The Kier molecular flexibility index (Phi) is 89.7. The molecule has 0 aromatic heterocycles. The van der Waals surface area contributed by atoms with Gasteiger partial charge in [0.1, 0.15) is 35.4 Å². The van der Waals surface area contributed by atoms with Gasteiger partial charge in [-0.15, -0.1) is 0 Å². The topological polar surface area (TPSA) is 140 Å². The standard InChI is InChI=1S/2C32H68N.2C4N3.BrH.K/c2*1-5-9-13-17-18-19-20-21-22-23-24-28-32-33(29-25-14-10-6-2,30-26-15-11-7-3)31-27-16-12-8-4;2*5-1-4(2-6)3-7;;/h2*5-32H2,1-4H3;;;1H;/q2*+1;2*-1;;+1/p-1. The summed E-state index contributed by atoms with van der Waals surface area (Å²) in [4.78, 5) is 0. The summed E-state index contributed by atoms with van der Waals surface area (Å²) in [6.07, 6.45) is 69.6. The van der Waals surface area contributed by atoms with Gasteiger partial charge in [-0.25, -0.2) is 11.7 Å². The first-order chi connectivity index (χ1) is 39.2. The molecule has 0 fully saturated rings. The van der Waals surface area contributed by atoms with Crippen molar-refractivity contribution >= 4 is 11.7 Å². The Balaban J connectivity index is -0.000000279. The number of allylic oxidation sites excluding steroid dienone is 2. The molecule has 0 aromatic carbocycles. The first-order valence-corrected chi connectivity index (χ1v) is 35.0. The predicted molar refractivity (Wildman–Crippen MR) is 353 cm³/mol. The summed E-state index contributed by atoms with van der Waals surface area (Å²) in [5, 5.41) is 46.8. The van der Waals surface area contributed by atoms with Crippen molar-refractivity contribution in [3.05, 3.63) is 22.0 Å². The molecule has 0 amide bonds. The number of hydrogen-bond acceptors (Lipinski definition) is 4. The number of unbranched alkanes of at least 4 members (excludes halogenated alkanes) is 40. The van der Waals surface area contributed by atoms with Crippen LogP contribution in [0.2, 0.25) is 0 Å². The molecule has 0 spiro atoms. The van der Waals surface area contributed by atoms with E-state index in [2.05, 4.69) is 55.4 Å². The average molecular weight is 1230 g/mol. The first-order valence-electron chi connectivity index (χ1n) is 35.0. The van der Waals surface area contributed by atoms with Gasteiger partial charge in [0.2, 0.25) is 0 Å². The second-order valence-corrected chi connectivity index (χ2v) is 24.0. The van der Waals surface area contributed by atoms with Crippen molar-refractivity contribution in [2.45, 2.75) is 364 Å².